The van der Waals surface area contributed by atoms with Crippen molar-refractivity contribution in [2.24, 2.45) is 0 Å². The third-order valence-electron chi connectivity index (χ3n) is 4.61. The minimum absolute atomic E-state index is 0.342. The molecule has 2 amide bonds. The summed E-state index contributed by atoms with van der Waals surface area (Å²) in [4.78, 5) is 27.0. The van der Waals surface area contributed by atoms with Crippen molar-refractivity contribution in [3.63, 3.8) is 0 Å². The van der Waals surface area contributed by atoms with Gasteiger partial charge in [0.25, 0.3) is 5.91 Å². The molecule has 0 bridgehead atoms. The number of anilines is 1. The number of fused-ring (bicyclic) bond motifs is 1. The molecule has 5 nitrogen and oxygen atoms in total. The topological polar surface area (TPSA) is 63.7 Å². The van der Waals surface area contributed by atoms with Gasteiger partial charge in [0.05, 0.1) is 5.69 Å². The van der Waals surface area contributed by atoms with Crippen LogP contribution in [0.5, 0.6) is 0 Å². The third kappa shape index (κ3) is 1.95. The molecule has 0 spiro atoms. The molecular weight excluding hydrogens is 318 g/mol. The lowest BCUT2D eigenvalue weighted by atomic mass is 9.77. The van der Waals surface area contributed by atoms with Crippen molar-refractivity contribution >= 4 is 17.5 Å². The van der Waals surface area contributed by atoms with Crippen molar-refractivity contribution in [1.29, 1.82) is 0 Å². The molecule has 0 aliphatic carbocycles. The van der Waals surface area contributed by atoms with Gasteiger partial charge in [-0.1, -0.05) is 18.2 Å². The molecule has 1 aromatic carbocycles. The summed E-state index contributed by atoms with van der Waals surface area (Å²) in [5.74, 6) is 1.53. The molecule has 0 radical (unpaired) electrons. The highest BCUT2D eigenvalue weighted by molar-refractivity contribution is 6.24. The SMILES string of the molecule is CC(=O)N1C(=O)C(c2ccc(C)o2)(c2ccc(C)o2)c2ccccc21. The minimum Gasteiger partial charge on any atom is -0.464 e. The van der Waals surface area contributed by atoms with Gasteiger partial charge in [-0.25, -0.2) is 4.90 Å². The largest absolute Gasteiger partial charge is 0.464 e. The molecule has 3 aromatic rings. The fraction of sp³-hybridized carbons (Fsp3) is 0.200. The van der Waals surface area contributed by atoms with Crippen molar-refractivity contribution in [2.75, 3.05) is 4.90 Å². The quantitative estimate of drug-likeness (QED) is 0.716. The highest BCUT2D eigenvalue weighted by atomic mass is 16.4. The predicted molar refractivity (Wildman–Crippen MR) is 91.4 cm³/mol. The van der Waals surface area contributed by atoms with Gasteiger partial charge in [0.2, 0.25) is 5.91 Å². The summed E-state index contributed by atoms with van der Waals surface area (Å²) in [6.07, 6.45) is 0. The zero-order valence-electron chi connectivity index (χ0n) is 14.2. The Morgan fingerprint density at radius 1 is 0.920 bits per heavy atom. The summed E-state index contributed by atoms with van der Waals surface area (Å²) in [6.45, 7) is 5.02. The molecule has 126 valence electrons. The van der Waals surface area contributed by atoms with Crippen LogP contribution in [0.3, 0.4) is 0 Å². The van der Waals surface area contributed by atoms with E-state index in [1.807, 2.05) is 26.0 Å². The van der Waals surface area contributed by atoms with Crippen molar-refractivity contribution in [3.05, 3.63) is 77.1 Å². The first kappa shape index (κ1) is 15.4. The molecular formula is C20H17NO4. The molecule has 25 heavy (non-hydrogen) atoms. The number of carbonyl (C=O) groups excluding carboxylic acids is 2. The average molecular weight is 335 g/mol. The van der Waals surface area contributed by atoms with Gasteiger partial charge in [0, 0.05) is 12.5 Å². The van der Waals surface area contributed by atoms with E-state index in [0.29, 0.717) is 34.3 Å². The molecule has 1 aliphatic heterocycles. The lowest BCUT2D eigenvalue weighted by Crippen LogP contribution is -2.43. The van der Waals surface area contributed by atoms with E-state index in [1.165, 1.54) is 11.8 Å². The fourth-order valence-electron chi connectivity index (χ4n) is 3.56. The summed E-state index contributed by atoms with van der Waals surface area (Å²) in [5.41, 5.74) is -0.0628. The molecule has 3 heterocycles. The second kappa shape index (κ2) is 5.21. The summed E-state index contributed by atoms with van der Waals surface area (Å²) >= 11 is 0. The van der Waals surface area contributed by atoms with E-state index in [0.717, 1.165) is 0 Å². The summed E-state index contributed by atoms with van der Waals surface area (Å²) in [6, 6.07) is 14.4. The van der Waals surface area contributed by atoms with Crippen molar-refractivity contribution in [3.8, 4) is 0 Å². The van der Waals surface area contributed by atoms with Crippen LogP contribution in [-0.2, 0) is 15.0 Å². The molecule has 0 atom stereocenters. The Kier molecular flexibility index (Phi) is 3.22. The van der Waals surface area contributed by atoms with Crippen molar-refractivity contribution < 1.29 is 18.4 Å². The van der Waals surface area contributed by atoms with Crippen molar-refractivity contribution in [2.45, 2.75) is 26.2 Å². The minimum atomic E-state index is -1.30. The predicted octanol–water partition coefficient (Wildman–Crippen LogP) is 3.72. The number of para-hydroxylation sites is 1. The number of nitrogens with zero attached hydrogens (tertiary/aromatic N) is 1. The van der Waals surface area contributed by atoms with Crippen molar-refractivity contribution in [1.82, 2.24) is 0 Å². The van der Waals surface area contributed by atoms with Crippen LogP contribution >= 0.6 is 0 Å². The van der Waals surface area contributed by atoms with E-state index in [4.69, 9.17) is 8.83 Å². The van der Waals surface area contributed by atoms with E-state index >= 15 is 0 Å². The average Bonchev–Trinajstić information content (AvgIpc) is 3.24. The van der Waals surface area contributed by atoms with E-state index in [9.17, 15) is 9.59 Å². The Balaban J connectivity index is 2.11. The number of carbonyl (C=O) groups is 2. The monoisotopic (exact) mass is 335 g/mol. The number of furan rings is 2. The second-order valence-electron chi connectivity index (χ2n) is 6.25. The maximum absolute atomic E-state index is 13.5. The Morgan fingerprint density at radius 2 is 1.48 bits per heavy atom. The van der Waals surface area contributed by atoms with E-state index in [-0.39, 0.29) is 11.8 Å². The van der Waals surface area contributed by atoms with Gasteiger partial charge in [0.15, 0.2) is 5.41 Å². The third-order valence-corrected chi connectivity index (χ3v) is 4.61. The Bertz CT molecular complexity index is 954. The smallest absolute Gasteiger partial charge is 0.260 e. The van der Waals surface area contributed by atoms with Gasteiger partial charge in [-0.05, 0) is 44.2 Å². The van der Waals surface area contributed by atoms with Gasteiger partial charge in [-0.15, -0.1) is 0 Å². The maximum atomic E-state index is 13.5. The Labute approximate surface area is 144 Å². The molecule has 0 saturated carbocycles. The molecule has 1 aliphatic rings. The van der Waals surface area contributed by atoms with Crippen LogP contribution in [0, 0.1) is 13.8 Å². The van der Waals surface area contributed by atoms with E-state index in [1.54, 1.807) is 36.4 Å². The highest BCUT2D eigenvalue weighted by Gasteiger charge is 2.58. The first-order valence-corrected chi connectivity index (χ1v) is 8.04. The molecule has 0 fully saturated rings. The standard InChI is InChI=1S/C20H17NO4/c1-12-8-10-17(24-12)20(18-11-9-13(2)25-18)15-6-4-5-7-16(15)21(14(3)22)19(20)23/h4-11H,1-3H3. The Hall–Kier alpha value is -3.08. The first-order chi connectivity index (χ1) is 12.0. The number of amides is 2. The molecule has 2 aromatic heterocycles. The zero-order valence-corrected chi connectivity index (χ0v) is 14.2. The number of aryl methyl sites for hydroxylation is 2. The van der Waals surface area contributed by atoms with Gasteiger partial charge in [-0.3, -0.25) is 9.59 Å². The Morgan fingerprint density at radius 3 is 1.96 bits per heavy atom. The van der Waals surface area contributed by atoms with Crippen LogP contribution in [0.1, 0.15) is 35.5 Å². The van der Waals surface area contributed by atoms with Crippen LogP contribution in [-0.4, -0.2) is 11.8 Å². The van der Waals surface area contributed by atoms with Gasteiger partial charge in [-0.2, -0.15) is 0 Å². The molecule has 4 rings (SSSR count). The van der Waals surface area contributed by atoms with Gasteiger partial charge in [0.1, 0.15) is 23.0 Å². The maximum Gasteiger partial charge on any atom is 0.260 e. The summed E-state index contributed by atoms with van der Waals surface area (Å²) in [7, 11) is 0. The number of hydrogen-bond donors (Lipinski definition) is 0. The highest BCUT2D eigenvalue weighted by Crippen LogP contribution is 2.51. The molecule has 0 saturated heterocycles. The zero-order chi connectivity index (χ0) is 17.8. The molecule has 5 heteroatoms. The summed E-state index contributed by atoms with van der Waals surface area (Å²) in [5, 5.41) is 0. The van der Waals surface area contributed by atoms with Gasteiger partial charge < -0.3 is 8.83 Å². The second-order valence-corrected chi connectivity index (χ2v) is 6.25. The molecule has 0 N–H and O–H groups in total. The van der Waals surface area contributed by atoms with E-state index < -0.39 is 5.41 Å². The lowest BCUT2D eigenvalue weighted by Gasteiger charge is -2.24. The number of benzene rings is 1. The van der Waals surface area contributed by atoms with Crippen LogP contribution in [0.15, 0.2) is 57.4 Å². The van der Waals surface area contributed by atoms with Gasteiger partial charge >= 0.3 is 0 Å². The number of imide groups is 1. The van der Waals surface area contributed by atoms with Crippen LogP contribution in [0.25, 0.3) is 0 Å². The first-order valence-electron chi connectivity index (χ1n) is 8.04. The fourth-order valence-corrected chi connectivity index (χ4v) is 3.56. The van der Waals surface area contributed by atoms with Crippen LogP contribution < -0.4 is 4.90 Å². The number of hydrogen-bond acceptors (Lipinski definition) is 4. The summed E-state index contributed by atoms with van der Waals surface area (Å²) < 4.78 is 11.7. The molecule has 0 unspecified atom stereocenters. The van der Waals surface area contributed by atoms with Crippen LogP contribution in [0.2, 0.25) is 0 Å². The van der Waals surface area contributed by atoms with E-state index in [2.05, 4.69) is 0 Å². The normalized spacial score (nSPS) is 15.5. The van der Waals surface area contributed by atoms with Crippen LogP contribution in [0.4, 0.5) is 5.69 Å². The lowest BCUT2D eigenvalue weighted by molar-refractivity contribution is -0.127. The number of rotatable bonds is 2.